The normalized spacial score (nSPS) is 15.2. The van der Waals surface area contributed by atoms with Crippen molar-refractivity contribution < 1.29 is 9.90 Å². The summed E-state index contributed by atoms with van der Waals surface area (Å²) < 4.78 is 0. The van der Waals surface area contributed by atoms with Gasteiger partial charge >= 0.3 is 6.03 Å². The smallest absolute Gasteiger partial charge is 0.315 e. The second-order valence-electron chi connectivity index (χ2n) is 4.89. The first-order valence-electron chi connectivity index (χ1n) is 7.01. The van der Waals surface area contributed by atoms with Crippen molar-refractivity contribution in [3.8, 4) is 11.8 Å². The van der Waals surface area contributed by atoms with E-state index in [1.807, 2.05) is 12.1 Å². The molecule has 1 saturated carbocycles. The van der Waals surface area contributed by atoms with Gasteiger partial charge in [-0.3, -0.25) is 0 Å². The Hall–Kier alpha value is -1.51. The second-order valence-corrected chi connectivity index (χ2v) is 6.06. The molecule has 0 aromatic carbocycles. The van der Waals surface area contributed by atoms with E-state index >= 15 is 0 Å². The van der Waals surface area contributed by atoms with Crippen LogP contribution in [0.25, 0.3) is 0 Å². The first-order chi connectivity index (χ1) is 9.78. The van der Waals surface area contributed by atoms with Gasteiger partial charge in [0.05, 0.1) is 11.4 Å². The summed E-state index contributed by atoms with van der Waals surface area (Å²) in [5.74, 6) is 5.47. The van der Waals surface area contributed by atoms with Crippen molar-refractivity contribution in [2.24, 2.45) is 0 Å². The second kappa shape index (κ2) is 7.93. The molecule has 1 fully saturated rings. The molecule has 0 atom stereocenters. The van der Waals surface area contributed by atoms with Gasteiger partial charge in [0.1, 0.15) is 6.61 Å². The molecule has 1 aromatic heterocycles. The van der Waals surface area contributed by atoms with Crippen LogP contribution >= 0.6 is 11.3 Å². The number of rotatable bonds is 3. The van der Waals surface area contributed by atoms with Crippen LogP contribution < -0.4 is 10.6 Å². The topological polar surface area (TPSA) is 61.4 Å². The van der Waals surface area contributed by atoms with E-state index in [0.717, 1.165) is 22.6 Å². The van der Waals surface area contributed by atoms with Crippen molar-refractivity contribution in [1.82, 2.24) is 10.6 Å². The highest BCUT2D eigenvalue weighted by molar-refractivity contribution is 7.12. The summed E-state index contributed by atoms with van der Waals surface area (Å²) >= 11 is 1.53. The molecule has 4 nitrogen and oxygen atoms in total. The predicted molar refractivity (Wildman–Crippen MR) is 80.5 cm³/mol. The third-order valence-corrected chi connectivity index (χ3v) is 4.32. The average Bonchev–Trinajstić information content (AvgIpc) is 2.92. The molecule has 0 radical (unpaired) electrons. The highest BCUT2D eigenvalue weighted by Crippen LogP contribution is 2.17. The van der Waals surface area contributed by atoms with Crippen LogP contribution in [0.3, 0.4) is 0 Å². The van der Waals surface area contributed by atoms with Gasteiger partial charge in [-0.05, 0) is 25.0 Å². The zero-order chi connectivity index (χ0) is 14.2. The Labute approximate surface area is 123 Å². The number of carbonyl (C=O) groups excluding carboxylic acids is 1. The Morgan fingerprint density at radius 3 is 2.90 bits per heavy atom. The molecule has 20 heavy (non-hydrogen) atoms. The van der Waals surface area contributed by atoms with Gasteiger partial charge in [0.2, 0.25) is 0 Å². The molecule has 1 aliphatic carbocycles. The monoisotopic (exact) mass is 292 g/mol. The first kappa shape index (κ1) is 14.9. The van der Waals surface area contributed by atoms with Crippen molar-refractivity contribution in [2.75, 3.05) is 6.61 Å². The zero-order valence-corrected chi connectivity index (χ0v) is 12.3. The molecule has 0 saturated heterocycles. The summed E-state index contributed by atoms with van der Waals surface area (Å²) in [5.41, 5.74) is 0. The van der Waals surface area contributed by atoms with Crippen LogP contribution in [0, 0.1) is 11.8 Å². The molecule has 108 valence electrons. The molecule has 0 spiro atoms. The quantitative estimate of drug-likeness (QED) is 0.748. The van der Waals surface area contributed by atoms with E-state index in [-0.39, 0.29) is 12.6 Å². The molecule has 0 bridgehead atoms. The minimum atomic E-state index is -0.130. The fourth-order valence-electron chi connectivity index (χ4n) is 2.32. The fraction of sp³-hybridized carbons (Fsp3) is 0.533. The van der Waals surface area contributed by atoms with Crippen molar-refractivity contribution in [3.05, 3.63) is 21.9 Å². The molecular formula is C15H20N2O2S. The van der Waals surface area contributed by atoms with Crippen molar-refractivity contribution in [3.63, 3.8) is 0 Å². The first-order valence-corrected chi connectivity index (χ1v) is 7.82. The average molecular weight is 292 g/mol. The Balaban J connectivity index is 1.73. The maximum atomic E-state index is 11.8. The fourth-order valence-corrected chi connectivity index (χ4v) is 3.14. The van der Waals surface area contributed by atoms with Crippen LogP contribution in [0.15, 0.2) is 12.1 Å². The van der Waals surface area contributed by atoms with Crippen molar-refractivity contribution in [1.29, 1.82) is 0 Å². The summed E-state index contributed by atoms with van der Waals surface area (Å²) in [4.78, 5) is 13.8. The summed E-state index contributed by atoms with van der Waals surface area (Å²) in [6.45, 7) is 0.388. The Kier molecular flexibility index (Phi) is 5.90. The van der Waals surface area contributed by atoms with E-state index < -0.39 is 0 Å². The van der Waals surface area contributed by atoms with E-state index in [9.17, 15) is 4.79 Å². The highest BCUT2D eigenvalue weighted by Gasteiger charge is 2.15. The molecule has 0 unspecified atom stereocenters. The number of thiophene rings is 1. The third kappa shape index (κ3) is 4.87. The van der Waals surface area contributed by atoms with Crippen LogP contribution in [-0.2, 0) is 6.54 Å². The molecule has 1 aromatic rings. The maximum absolute atomic E-state index is 11.8. The molecule has 0 aliphatic heterocycles. The van der Waals surface area contributed by atoms with Crippen LogP contribution in [0.2, 0.25) is 0 Å². The standard InChI is InChI=1S/C15H20N2O2S/c18-10-4-7-13-8-9-14(20-13)11-16-15(19)17-12-5-2-1-3-6-12/h8-9,12,18H,1-3,5-6,10-11H2,(H2,16,17,19). The lowest BCUT2D eigenvalue weighted by atomic mass is 9.96. The van der Waals surface area contributed by atoms with E-state index in [0.29, 0.717) is 12.6 Å². The minimum absolute atomic E-state index is 0.0895. The number of aliphatic hydroxyl groups is 1. The van der Waals surface area contributed by atoms with Gasteiger partial charge in [0.15, 0.2) is 0 Å². The molecule has 1 aliphatic rings. The van der Waals surface area contributed by atoms with Gasteiger partial charge in [0.25, 0.3) is 0 Å². The number of hydrogen-bond acceptors (Lipinski definition) is 3. The molecule has 1 heterocycles. The maximum Gasteiger partial charge on any atom is 0.315 e. The molecular weight excluding hydrogens is 272 g/mol. The molecule has 2 rings (SSSR count). The number of aliphatic hydroxyl groups excluding tert-OH is 1. The van der Waals surface area contributed by atoms with Crippen LogP contribution in [0.1, 0.15) is 41.9 Å². The van der Waals surface area contributed by atoms with E-state index in [1.165, 1.54) is 30.6 Å². The van der Waals surface area contributed by atoms with E-state index in [2.05, 4.69) is 22.5 Å². The number of nitrogens with one attached hydrogen (secondary N) is 2. The molecule has 5 heteroatoms. The molecule has 3 N–H and O–H groups in total. The van der Waals surface area contributed by atoms with Crippen LogP contribution in [0.4, 0.5) is 4.79 Å². The Morgan fingerprint density at radius 2 is 2.15 bits per heavy atom. The van der Waals surface area contributed by atoms with E-state index in [4.69, 9.17) is 5.11 Å². The molecule has 2 amide bonds. The van der Waals surface area contributed by atoms with Crippen LogP contribution in [-0.4, -0.2) is 23.8 Å². The Bertz CT molecular complexity index is 495. The lowest BCUT2D eigenvalue weighted by Gasteiger charge is -2.22. The predicted octanol–water partition coefficient (Wildman–Crippen LogP) is 2.22. The zero-order valence-electron chi connectivity index (χ0n) is 11.4. The summed E-state index contributed by atoms with van der Waals surface area (Å²) in [7, 11) is 0. The highest BCUT2D eigenvalue weighted by atomic mass is 32.1. The van der Waals surface area contributed by atoms with Gasteiger partial charge in [0, 0.05) is 10.9 Å². The van der Waals surface area contributed by atoms with Gasteiger partial charge < -0.3 is 15.7 Å². The van der Waals surface area contributed by atoms with Crippen molar-refractivity contribution >= 4 is 17.4 Å². The SMILES string of the molecule is O=C(NCc1ccc(C#CCO)s1)NC1CCCCC1. The number of hydrogen-bond donors (Lipinski definition) is 3. The largest absolute Gasteiger partial charge is 0.384 e. The van der Waals surface area contributed by atoms with Crippen LogP contribution in [0.5, 0.6) is 0 Å². The Morgan fingerprint density at radius 1 is 1.35 bits per heavy atom. The number of amides is 2. The van der Waals surface area contributed by atoms with Crippen molar-refractivity contribution in [2.45, 2.75) is 44.7 Å². The number of carbonyl (C=O) groups is 1. The van der Waals surface area contributed by atoms with Gasteiger partial charge in [-0.25, -0.2) is 4.79 Å². The third-order valence-electron chi connectivity index (χ3n) is 3.32. The van der Waals surface area contributed by atoms with Gasteiger partial charge in [-0.2, -0.15) is 0 Å². The van der Waals surface area contributed by atoms with E-state index in [1.54, 1.807) is 0 Å². The minimum Gasteiger partial charge on any atom is -0.384 e. The summed E-state index contributed by atoms with van der Waals surface area (Å²) in [5, 5.41) is 14.5. The lowest BCUT2D eigenvalue weighted by molar-refractivity contribution is 0.232. The lowest BCUT2D eigenvalue weighted by Crippen LogP contribution is -2.42. The number of urea groups is 1. The summed E-state index contributed by atoms with van der Waals surface area (Å²) in [6.07, 6.45) is 5.89. The summed E-state index contributed by atoms with van der Waals surface area (Å²) in [6, 6.07) is 4.10. The van der Waals surface area contributed by atoms with Gasteiger partial charge in [-0.15, -0.1) is 11.3 Å². The van der Waals surface area contributed by atoms with Gasteiger partial charge in [-0.1, -0.05) is 31.1 Å².